The molecular formula is C11H16N4O. The predicted octanol–water partition coefficient (Wildman–Crippen LogP) is 0.173. The molecule has 5 nitrogen and oxygen atoms in total. The largest absolute Gasteiger partial charge is 0.333 e. The standard InChI is InChI=1S/C11H16N4O/c1-9-3-4-12-10(13-9)11(16)15-7-5-14(2)6-8-15/h3-4H,5-8H2,1-2H3. The first-order valence-corrected chi connectivity index (χ1v) is 5.44. The third-order valence-electron chi connectivity index (χ3n) is 2.78. The van der Waals surface area contributed by atoms with E-state index in [2.05, 4.69) is 21.9 Å². The van der Waals surface area contributed by atoms with Crippen molar-refractivity contribution in [3.05, 3.63) is 23.8 Å². The van der Waals surface area contributed by atoms with Gasteiger partial charge in [0.1, 0.15) is 0 Å². The second kappa shape index (κ2) is 4.57. The summed E-state index contributed by atoms with van der Waals surface area (Å²) in [7, 11) is 2.06. The van der Waals surface area contributed by atoms with E-state index >= 15 is 0 Å². The summed E-state index contributed by atoms with van der Waals surface area (Å²) >= 11 is 0. The molecule has 5 heteroatoms. The summed E-state index contributed by atoms with van der Waals surface area (Å²) in [4.78, 5) is 24.2. The van der Waals surface area contributed by atoms with Gasteiger partial charge in [0, 0.05) is 38.1 Å². The number of aromatic nitrogens is 2. The Kier molecular flexibility index (Phi) is 3.14. The molecule has 0 spiro atoms. The number of hydrogen-bond acceptors (Lipinski definition) is 4. The van der Waals surface area contributed by atoms with Crippen molar-refractivity contribution in [2.24, 2.45) is 0 Å². The Bertz CT molecular complexity index is 385. The van der Waals surface area contributed by atoms with E-state index < -0.39 is 0 Å². The second-order valence-corrected chi connectivity index (χ2v) is 4.12. The third kappa shape index (κ3) is 2.36. The van der Waals surface area contributed by atoms with Crippen LogP contribution in [0.15, 0.2) is 12.3 Å². The van der Waals surface area contributed by atoms with Crippen LogP contribution in [0.5, 0.6) is 0 Å². The fourth-order valence-electron chi connectivity index (χ4n) is 1.70. The van der Waals surface area contributed by atoms with Crippen LogP contribution in [0.25, 0.3) is 0 Å². The lowest BCUT2D eigenvalue weighted by molar-refractivity contribution is 0.0651. The number of amides is 1. The lowest BCUT2D eigenvalue weighted by atomic mass is 10.3. The summed E-state index contributed by atoms with van der Waals surface area (Å²) in [5.74, 6) is 0.251. The Morgan fingerprint density at radius 1 is 1.31 bits per heavy atom. The lowest BCUT2D eigenvalue weighted by Gasteiger charge is -2.31. The van der Waals surface area contributed by atoms with Crippen molar-refractivity contribution in [2.75, 3.05) is 33.2 Å². The third-order valence-corrected chi connectivity index (χ3v) is 2.78. The molecule has 2 rings (SSSR count). The summed E-state index contributed by atoms with van der Waals surface area (Å²) in [5.41, 5.74) is 0.826. The first-order valence-electron chi connectivity index (χ1n) is 5.44. The quantitative estimate of drug-likeness (QED) is 0.677. The van der Waals surface area contributed by atoms with Gasteiger partial charge in [0.05, 0.1) is 0 Å². The van der Waals surface area contributed by atoms with Gasteiger partial charge >= 0.3 is 0 Å². The zero-order valence-corrected chi connectivity index (χ0v) is 9.68. The maximum Gasteiger partial charge on any atom is 0.291 e. The molecule has 0 atom stereocenters. The molecule has 0 bridgehead atoms. The molecule has 1 aliphatic rings. The first-order chi connectivity index (χ1) is 7.66. The van der Waals surface area contributed by atoms with Crippen LogP contribution in [0.1, 0.15) is 16.3 Å². The minimum Gasteiger partial charge on any atom is -0.333 e. The van der Waals surface area contributed by atoms with E-state index in [1.165, 1.54) is 0 Å². The van der Waals surface area contributed by atoms with E-state index in [1.54, 1.807) is 12.3 Å². The van der Waals surface area contributed by atoms with Gasteiger partial charge in [0.25, 0.3) is 5.91 Å². The molecule has 16 heavy (non-hydrogen) atoms. The Balaban J connectivity index is 2.08. The van der Waals surface area contributed by atoms with E-state index in [-0.39, 0.29) is 5.91 Å². The van der Waals surface area contributed by atoms with E-state index in [0.29, 0.717) is 5.82 Å². The number of hydrogen-bond donors (Lipinski definition) is 0. The van der Waals surface area contributed by atoms with Crippen LogP contribution in [0.2, 0.25) is 0 Å². The molecule has 0 aliphatic carbocycles. The highest BCUT2D eigenvalue weighted by Gasteiger charge is 2.22. The highest BCUT2D eigenvalue weighted by Crippen LogP contribution is 2.04. The summed E-state index contributed by atoms with van der Waals surface area (Å²) in [6.45, 7) is 5.21. The smallest absolute Gasteiger partial charge is 0.291 e. The van der Waals surface area contributed by atoms with Gasteiger partial charge in [-0.2, -0.15) is 0 Å². The van der Waals surface area contributed by atoms with Crippen molar-refractivity contribution >= 4 is 5.91 Å². The van der Waals surface area contributed by atoms with E-state index in [4.69, 9.17) is 0 Å². The number of rotatable bonds is 1. The van der Waals surface area contributed by atoms with E-state index in [1.807, 2.05) is 11.8 Å². The van der Waals surface area contributed by atoms with Crippen molar-refractivity contribution in [3.63, 3.8) is 0 Å². The zero-order valence-electron chi connectivity index (χ0n) is 9.68. The van der Waals surface area contributed by atoms with Crippen LogP contribution in [-0.4, -0.2) is 58.9 Å². The van der Waals surface area contributed by atoms with Gasteiger partial charge in [-0.15, -0.1) is 0 Å². The van der Waals surface area contributed by atoms with Gasteiger partial charge < -0.3 is 9.80 Å². The Hall–Kier alpha value is -1.49. The van der Waals surface area contributed by atoms with Gasteiger partial charge in [0.15, 0.2) is 0 Å². The molecule has 1 aromatic heterocycles. The van der Waals surface area contributed by atoms with Crippen molar-refractivity contribution in [1.82, 2.24) is 19.8 Å². The SMILES string of the molecule is Cc1ccnc(C(=O)N2CCN(C)CC2)n1. The molecule has 2 heterocycles. The van der Waals surface area contributed by atoms with Gasteiger partial charge in [-0.3, -0.25) is 4.79 Å². The summed E-state index contributed by atoms with van der Waals surface area (Å²) < 4.78 is 0. The number of likely N-dealkylation sites (N-methyl/N-ethyl adjacent to an activating group) is 1. The molecule has 0 aromatic carbocycles. The molecule has 0 radical (unpaired) electrons. The summed E-state index contributed by atoms with van der Waals surface area (Å²) in [5, 5.41) is 0. The lowest BCUT2D eigenvalue weighted by Crippen LogP contribution is -2.47. The molecule has 0 saturated carbocycles. The number of piperazine rings is 1. The minimum atomic E-state index is -0.0585. The van der Waals surface area contributed by atoms with Crippen LogP contribution in [0, 0.1) is 6.92 Å². The van der Waals surface area contributed by atoms with E-state index in [9.17, 15) is 4.79 Å². The van der Waals surface area contributed by atoms with E-state index in [0.717, 1.165) is 31.9 Å². The van der Waals surface area contributed by atoms with Gasteiger partial charge in [-0.1, -0.05) is 0 Å². The molecule has 86 valence electrons. The van der Waals surface area contributed by atoms with Crippen LogP contribution >= 0.6 is 0 Å². The number of carbonyl (C=O) groups is 1. The Morgan fingerprint density at radius 3 is 2.62 bits per heavy atom. The van der Waals surface area contributed by atoms with Gasteiger partial charge in [-0.25, -0.2) is 9.97 Å². The summed E-state index contributed by atoms with van der Waals surface area (Å²) in [6, 6.07) is 1.79. The highest BCUT2D eigenvalue weighted by atomic mass is 16.2. The molecule has 1 aliphatic heterocycles. The zero-order chi connectivity index (χ0) is 11.5. The van der Waals surface area contributed by atoms with Crippen LogP contribution < -0.4 is 0 Å². The highest BCUT2D eigenvalue weighted by molar-refractivity contribution is 5.90. The fourth-order valence-corrected chi connectivity index (χ4v) is 1.70. The second-order valence-electron chi connectivity index (χ2n) is 4.12. The van der Waals surface area contributed by atoms with Crippen LogP contribution in [0.3, 0.4) is 0 Å². The van der Waals surface area contributed by atoms with Crippen LogP contribution in [0.4, 0.5) is 0 Å². The molecule has 1 amide bonds. The van der Waals surface area contributed by atoms with Crippen molar-refractivity contribution < 1.29 is 4.79 Å². The Morgan fingerprint density at radius 2 is 2.00 bits per heavy atom. The van der Waals surface area contributed by atoms with Crippen molar-refractivity contribution in [3.8, 4) is 0 Å². The van der Waals surface area contributed by atoms with Gasteiger partial charge in [0.2, 0.25) is 5.82 Å². The normalized spacial score (nSPS) is 17.5. The number of nitrogens with zero attached hydrogens (tertiary/aromatic N) is 4. The molecule has 1 saturated heterocycles. The molecule has 0 N–H and O–H groups in total. The maximum atomic E-state index is 12.0. The Labute approximate surface area is 95.1 Å². The average Bonchev–Trinajstić information content (AvgIpc) is 2.29. The predicted molar refractivity (Wildman–Crippen MR) is 60.2 cm³/mol. The molecule has 1 aromatic rings. The van der Waals surface area contributed by atoms with Crippen molar-refractivity contribution in [1.29, 1.82) is 0 Å². The maximum absolute atomic E-state index is 12.0. The van der Waals surface area contributed by atoms with Gasteiger partial charge in [-0.05, 0) is 20.0 Å². The van der Waals surface area contributed by atoms with Crippen molar-refractivity contribution in [2.45, 2.75) is 6.92 Å². The van der Waals surface area contributed by atoms with Crippen LogP contribution in [-0.2, 0) is 0 Å². The molecule has 0 unspecified atom stereocenters. The number of carbonyl (C=O) groups excluding carboxylic acids is 1. The first kappa shape index (κ1) is 11.0. The number of aryl methyl sites for hydroxylation is 1. The minimum absolute atomic E-state index is 0.0585. The molecular weight excluding hydrogens is 204 g/mol. The average molecular weight is 220 g/mol. The topological polar surface area (TPSA) is 49.3 Å². The molecule has 1 fully saturated rings. The fraction of sp³-hybridized carbons (Fsp3) is 0.545. The monoisotopic (exact) mass is 220 g/mol. The summed E-state index contributed by atoms with van der Waals surface area (Å²) in [6.07, 6.45) is 1.63.